The molecule has 1 N–H and O–H groups in total. The van der Waals surface area contributed by atoms with Crippen molar-refractivity contribution in [3.63, 3.8) is 0 Å². The summed E-state index contributed by atoms with van der Waals surface area (Å²) in [5, 5.41) is 3.69. The lowest BCUT2D eigenvalue weighted by Gasteiger charge is -2.37. The van der Waals surface area contributed by atoms with Crippen LogP contribution in [-0.2, 0) is 4.74 Å². The Balaban J connectivity index is 2.75. The zero-order chi connectivity index (χ0) is 17.8. The normalized spacial score (nSPS) is 12.0. The molecule has 0 unspecified atom stereocenters. The number of ether oxygens (including phenoxy) is 1. The fraction of sp³-hybridized carbons (Fsp3) is 0.647. The molecule has 130 valence electrons. The zero-order valence-corrected chi connectivity index (χ0v) is 15.9. The number of nitrogens with zero attached hydrogens (tertiary/aromatic N) is 2. The lowest BCUT2D eigenvalue weighted by Crippen LogP contribution is -2.49. The van der Waals surface area contributed by atoms with E-state index in [2.05, 4.69) is 10.3 Å². The number of rotatable bonds is 4. The summed E-state index contributed by atoms with van der Waals surface area (Å²) >= 11 is 6.11. The number of carbonyl (C=O) groups is 1. The van der Waals surface area contributed by atoms with Gasteiger partial charge in [0.2, 0.25) is 0 Å². The molecular weight excluding hydrogens is 314 g/mol. The topological polar surface area (TPSA) is 54.5 Å². The average molecular weight is 342 g/mol. The molecule has 1 rings (SSSR count). The maximum atomic E-state index is 12.4. The van der Waals surface area contributed by atoms with Gasteiger partial charge in [-0.2, -0.15) is 0 Å². The van der Waals surface area contributed by atoms with Crippen molar-refractivity contribution in [3.8, 4) is 0 Å². The van der Waals surface area contributed by atoms with E-state index in [-0.39, 0.29) is 11.6 Å². The summed E-state index contributed by atoms with van der Waals surface area (Å²) in [7, 11) is 0. The summed E-state index contributed by atoms with van der Waals surface area (Å²) in [5.41, 5.74) is 0.964. The molecule has 0 aliphatic rings. The molecule has 5 nitrogen and oxygen atoms in total. The monoisotopic (exact) mass is 341 g/mol. The van der Waals surface area contributed by atoms with Gasteiger partial charge in [-0.1, -0.05) is 11.6 Å². The molecule has 0 aliphatic heterocycles. The largest absolute Gasteiger partial charge is 0.444 e. The lowest BCUT2D eigenvalue weighted by atomic mass is 10.1. The van der Waals surface area contributed by atoms with Crippen LogP contribution in [0.5, 0.6) is 0 Å². The number of carbonyl (C=O) groups excluding carboxylic acids is 1. The Morgan fingerprint density at radius 3 is 2.39 bits per heavy atom. The molecule has 0 aromatic carbocycles. The highest BCUT2D eigenvalue weighted by Crippen LogP contribution is 2.23. The third-order valence-electron chi connectivity index (χ3n) is 3.17. The molecule has 0 aliphatic carbocycles. The highest BCUT2D eigenvalue weighted by molar-refractivity contribution is 6.32. The van der Waals surface area contributed by atoms with Gasteiger partial charge in [-0.15, -0.1) is 0 Å². The van der Waals surface area contributed by atoms with E-state index in [1.807, 2.05) is 54.5 Å². The van der Waals surface area contributed by atoms with Crippen molar-refractivity contribution in [1.82, 2.24) is 9.88 Å². The average Bonchev–Trinajstić information content (AvgIpc) is 2.33. The second-order valence-electron chi connectivity index (χ2n) is 7.52. The van der Waals surface area contributed by atoms with E-state index < -0.39 is 5.60 Å². The van der Waals surface area contributed by atoms with E-state index in [1.165, 1.54) is 0 Å². The van der Waals surface area contributed by atoms with Crippen LogP contribution in [0.1, 0.15) is 47.1 Å². The van der Waals surface area contributed by atoms with Crippen LogP contribution in [0, 0.1) is 6.92 Å². The van der Waals surface area contributed by atoms with Crippen LogP contribution in [0.4, 0.5) is 10.5 Å². The molecule has 0 spiro atoms. The summed E-state index contributed by atoms with van der Waals surface area (Å²) < 4.78 is 5.50. The number of aryl methyl sites for hydroxylation is 1. The molecule has 1 amide bonds. The van der Waals surface area contributed by atoms with Gasteiger partial charge in [0.25, 0.3) is 0 Å². The van der Waals surface area contributed by atoms with Crippen LogP contribution < -0.4 is 5.32 Å². The molecule has 23 heavy (non-hydrogen) atoms. The van der Waals surface area contributed by atoms with Crippen LogP contribution >= 0.6 is 11.6 Å². The summed E-state index contributed by atoms with van der Waals surface area (Å²) in [6.45, 7) is 14.6. The Labute approximate surface area is 144 Å². The van der Waals surface area contributed by atoms with Gasteiger partial charge in [-0.05, 0) is 60.1 Å². The van der Waals surface area contributed by atoms with Gasteiger partial charge in [0.1, 0.15) is 5.60 Å². The van der Waals surface area contributed by atoms with Crippen molar-refractivity contribution in [1.29, 1.82) is 0 Å². The standard InChI is InChI=1S/C17H28ClN3O2/c1-12-8-9-20-14(18)13(12)19-10-11-21(16(2,3)4)15(22)23-17(5,6)7/h8-9,19H,10-11H2,1-7H3. The van der Waals surface area contributed by atoms with E-state index in [0.29, 0.717) is 18.2 Å². The Morgan fingerprint density at radius 1 is 1.30 bits per heavy atom. The highest BCUT2D eigenvalue weighted by atomic mass is 35.5. The predicted octanol–water partition coefficient (Wildman–Crippen LogP) is 4.49. The number of halogens is 1. The maximum absolute atomic E-state index is 12.4. The first-order valence-electron chi connectivity index (χ1n) is 7.77. The van der Waals surface area contributed by atoms with Crippen molar-refractivity contribution < 1.29 is 9.53 Å². The molecule has 0 radical (unpaired) electrons. The number of pyridine rings is 1. The first-order valence-corrected chi connectivity index (χ1v) is 8.15. The molecule has 1 aromatic rings. The molecule has 0 fully saturated rings. The Hall–Kier alpha value is -1.49. The van der Waals surface area contributed by atoms with Gasteiger partial charge in [-0.3, -0.25) is 0 Å². The molecule has 1 aromatic heterocycles. The second kappa shape index (κ2) is 7.39. The fourth-order valence-corrected chi connectivity index (χ4v) is 2.32. The van der Waals surface area contributed by atoms with E-state index in [4.69, 9.17) is 16.3 Å². The number of aromatic nitrogens is 1. The van der Waals surface area contributed by atoms with Crippen LogP contribution in [-0.4, -0.2) is 40.2 Å². The zero-order valence-electron chi connectivity index (χ0n) is 15.2. The van der Waals surface area contributed by atoms with Crippen LogP contribution in [0.3, 0.4) is 0 Å². The molecular formula is C17H28ClN3O2. The van der Waals surface area contributed by atoms with Crippen LogP contribution in [0.15, 0.2) is 12.3 Å². The molecule has 0 bridgehead atoms. The van der Waals surface area contributed by atoms with Crippen molar-refractivity contribution >= 4 is 23.4 Å². The van der Waals surface area contributed by atoms with Gasteiger partial charge in [-0.25, -0.2) is 9.78 Å². The number of nitrogens with one attached hydrogen (secondary N) is 1. The van der Waals surface area contributed by atoms with Gasteiger partial charge in [0.05, 0.1) is 5.69 Å². The van der Waals surface area contributed by atoms with Gasteiger partial charge in [0.15, 0.2) is 5.15 Å². The fourth-order valence-electron chi connectivity index (χ4n) is 2.05. The minimum atomic E-state index is -0.517. The molecule has 0 saturated carbocycles. The van der Waals surface area contributed by atoms with E-state index >= 15 is 0 Å². The summed E-state index contributed by atoms with van der Waals surface area (Å²) in [6.07, 6.45) is 1.35. The summed E-state index contributed by atoms with van der Waals surface area (Å²) in [6, 6.07) is 1.89. The molecule has 0 atom stereocenters. The summed E-state index contributed by atoms with van der Waals surface area (Å²) in [5.74, 6) is 0. The summed E-state index contributed by atoms with van der Waals surface area (Å²) in [4.78, 5) is 18.2. The maximum Gasteiger partial charge on any atom is 0.410 e. The molecule has 1 heterocycles. The minimum absolute atomic E-state index is 0.319. The number of amides is 1. The highest BCUT2D eigenvalue weighted by Gasteiger charge is 2.30. The van der Waals surface area contributed by atoms with E-state index in [0.717, 1.165) is 11.3 Å². The van der Waals surface area contributed by atoms with Crippen molar-refractivity contribution in [2.45, 2.75) is 59.6 Å². The SMILES string of the molecule is Cc1ccnc(Cl)c1NCCN(C(=O)OC(C)(C)C)C(C)(C)C. The first kappa shape index (κ1) is 19.6. The van der Waals surface area contributed by atoms with Gasteiger partial charge < -0.3 is 15.0 Å². The quantitative estimate of drug-likeness (QED) is 0.820. The van der Waals surface area contributed by atoms with Gasteiger partial charge in [0, 0.05) is 24.8 Å². The van der Waals surface area contributed by atoms with Crippen molar-refractivity contribution in [2.24, 2.45) is 0 Å². The van der Waals surface area contributed by atoms with E-state index in [1.54, 1.807) is 11.1 Å². The van der Waals surface area contributed by atoms with E-state index in [9.17, 15) is 4.79 Å². The van der Waals surface area contributed by atoms with Crippen LogP contribution in [0.2, 0.25) is 5.15 Å². The Bertz CT molecular complexity index is 527. The van der Waals surface area contributed by atoms with Crippen molar-refractivity contribution in [3.05, 3.63) is 23.0 Å². The first-order chi connectivity index (χ1) is 10.4. The molecule has 0 saturated heterocycles. The Morgan fingerprint density at radius 2 is 1.91 bits per heavy atom. The number of anilines is 1. The predicted molar refractivity (Wildman–Crippen MR) is 95.2 cm³/mol. The number of hydrogen-bond acceptors (Lipinski definition) is 4. The smallest absolute Gasteiger partial charge is 0.410 e. The van der Waals surface area contributed by atoms with Crippen molar-refractivity contribution in [2.75, 3.05) is 18.4 Å². The van der Waals surface area contributed by atoms with Crippen LogP contribution in [0.25, 0.3) is 0 Å². The molecule has 6 heteroatoms. The second-order valence-corrected chi connectivity index (χ2v) is 7.88. The Kier molecular flexibility index (Phi) is 6.28. The number of hydrogen-bond donors (Lipinski definition) is 1. The third kappa shape index (κ3) is 6.26. The lowest BCUT2D eigenvalue weighted by molar-refractivity contribution is 0.00749. The van der Waals surface area contributed by atoms with Gasteiger partial charge >= 0.3 is 6.09 Å². The minimum Gasteiger partial charge on any atom is -0.444 e. The third-order valence-corrected chi connectivity index (χ3v) is 3.46.